The number of hydrogen-bond donors (Lipinski definition) is 1. The highest BCUT2D eigenvalue weighted by Crippen LogP contribution is 2.34. The molecule has 1 heterocycles. The minimum absolute atomic E-state index is 0.199. The van der Waals surface area contributed by atoms with E-state index in [4.69, 9.17) is 5.73 Å². The molecule has 1 fully saturated rings. The molecular formula is C14H21N3O2. The topological polar surface area (TPSA) is 72.4 Å². The van der Waals surface area contributed by atoms with Gasteiger partial charge in [0.05, 0.1) is 4.92 Å². The van der Waals surface area contributed by atoms with Crippen LogP contribution in [0, 0.1) is 23.0 Å². The van der Waals surface area contributed by atoms with Crippen LogP contribution in [0.25, 0.3) is 0 Å². The SMILES string of the molecule is CCC1CN(c2c(C)cccc2[N+](=O)[O-])CCC1N. The van der Waals surface area contributed by atoms with Gasteiger partial charge in [0.25, 0.3) is 5.69 Å². The fourth-order valence-electron chi connectivity index (χ4n) is 2.89. The zero-order valence-corrected chi connectivity index (χ0v) is 11.5. The van der Waals surface area contributed by atoms with Crippen LogP contribution < -0.4 is 10.6 Å². The highest BCUT2D eigenvalue weighted by Gasteiger charge is 2.29. The van der Waals surface area contributed by atoms with Gasteiger partial charge in [-0.3, -0.25) is 10.1 Å². The number of para-hydroxylation sites is 1. The second-order valence-electron chi connectivity index (χ2n) is 5.27. The number of nitrogens with zero attached hydrogens (tertiary/aromatic N) is 2. The van der Waals surface area contributed by atoms with Gasteiger partial charge in [0.2, 0.25) is 0 Å². The molecule has 2 N–H and O–H groups in total. The number of nitro groups is 1. The van der Waals surface area contributed by atoms with E-state index < -0.39 is 0 Å². The van der Waals surface area contributed by atoms with Crippen molar-refractivity contribution in [2.45, 2.75) is 32.7 Å². The van der Waals surface area contributed by atoms with Crippen LogP contribution in [0.15, 0.2) is 18.2 Å². The second kappa shape index (κ2) is 5.57. The highest BCUT2D eigenvalue weighted by molar-refractivity contribution is 5.68. The molecule has 1 aromatic rings. The number of anilines is 1. The number of benzene rings is 1. The minimum atomic E-state index is -0.294. The van der Waals surface area contributed by atoms with Gasteiger partial charge in [0, 0.05) is 25.2 Å². The molecule has 2 rings (SSSR count). The monoisotopic (exact) mass is 263 g/mol. The van der Waals surface area contributed by atoms with Crippen molar-refractivity contribution in [1.82, 2.24) is 0 Å². The van der Waals surface area contributed by atoms with E-state index in [0.29, 0.717) is 5.92 Å². The lowest BCUT2D eigenvalue weighted by Gasteiger charge is -2.38. The molecule has 0 saturated carbocycles. The standard InChI is InChI=1S/C14H21N3O2/c1-3-11-9-16(8-7-12(11)15)14-10(2)5-4-6-13(14)17(18)19/h4-6,11-12H,3,7-9,15H2,1-2H3. The van der Waals surface area contributed by atoms with Crippen molar-refractivity contribution >= 4 is 11.4 Å². The molecule has 0 spiro atoms. The Bertz CT molecular complexity index is 476. The molecule has 1 aliphatic heterocycles. The summed E-state index contributed by atoms with van der Waals surface area (Å²) in [5.41, 5.74) is 8.02. The highest BCUT2D eigenvalue weighted by atomic mass is 16.6. The summed E-state index contributed by atoms with van der Waals surface area (Å²) in [6.45, 7) is 5.66. The molecule has 2 unspecified atom stereocenters. The van der Waals surface area contributed by atoms with E-state index in [-0.39, 0.29) is 16.7 Å². The van der Waals surface area contributed by atoms with Crippen LogP contribution in [0.3, 0.4) is 0 Å². The summed E-state index contributed by atoms with van der Waals surface area (Å²) in [7, 11) is 0. The number of aryl methyl sites for hydroxylation is 1. The summed E-state index contributed by atoms with van der Waals surface area (Å²) in [4.78, 5) is 13.0. The molecule has 104 valence electrons. The van der Waals surface area contributed by atoms with Crippen molar-refractivity contribution < 1.29 is 4.92 Å². The summed E-state index contributed by atoms with van der Waals surface area (Å²) in [5, 5.41) is 11.2. The predicted molar refractivity (Wildman–Crippen MR) is 76.4 cm³/mol. The normalized spacial score (nSPS) is 23.4. The lowest BCUT2D eigenvalue weighted by molar-refractivity contribution is -0.384. The fraction of sp³-hybridized carbons (Fsp3) is 0.571. The molecule has 1 aliphatic rings. The summed E-state index contributed by atoms with van der Waals surface area (Å²) in [6.07, 6.45) is 1.90. The Kier molecular flexibility index (Phi) is 4.04. The number of nitrogens with two attached hydrogens (primary N) is 1. The Morgan fingerprint density at radius 2 is 2.26 bits per heavy atom. The van der Waals surface area contributed by atoms with E-state index in [0.717, 1.165) is 37.2 Å². The first-order chi connectivity index (χ1) is 9.04. The van der Waals surface area contributed by atoms with Gasteiger partial charge < -0.3 is 10.6 Å². The van der Waals surface area contributed by atoms with Gasteiger partial charge >= 0.3 is 0 Å². The van der Waals surface area contributed by atoms with Gasteiger partial charge in [-0.15, -0.1) is 0 Å². The number of hydrogen-bond acceptors (Lipinski definition) is 4. The van der Waals surface area contributed by atoms with Crippen molar-refractivity contribution in [3.63, 3.8) is 0 Å². The zero-order chi connectivity index (χ0) is 14.0. The molecule has 2 atom stereocenters. The average molecular weight is 263 g/mol. The summed E-state index contributed by atoms with van der Waals surface area (Å²) >= 11 is 0. The van der Waals surface area contributed by atoms with Gasteiger partial charge in [-0.05, 0) is 24.8 Å². The van der Waals surface area contributed by atoms with Crippen LogP contribution in [-0.4, -0.2) is 24.1 Å². The van der Waals surface area contributed by atoms with Gasteiger partial charge in [-0.25, -0.2) is 0 Å². The molecule has 5 nitrogen and oxygen atoms in total. The van der Waals surface area contributed by atoms with E-state index in [1.54, 1.807) is 12.1 Å². The van der Waals surface area contributed by atoms with Gasteiger partial charge in [0.1, 0.15) is 5.69 Å². The average Bonchev–Trinajstić information content (AvgIpc) is 2.39. The zero-order valence-electron chi connectivity index (χ0n) is 11.5. The largest absolute Gasteiger partial charge is 0.365 e. The van der Waals surface area contributed by atoms with Crippen molar-refractivity contribution in [2.24, 2.45) is 11.7 Å². The number of nitro benzene ring substituents is 1. The van der Waals surface area contributed by atoms with Crippen LogP contribution in [0.2, 0.25) is 0 Å². The maximum Gasteiger partial charge on any atom is 0.292 e. The van der Waals surface area contributed by atoms with Crippen molar-refractivity contribution in [3.05, 3.63) is 33.9 Å². The molecule has 5 heteroatoms. The van der Waals surface area contributed by atoms with Crippen LogP contribution in [0.1, 0.15) is 25.3 Å². The minimum Gasteiger partial charge on any atom is -0.365 e. The lowest BCUT2D eigenvalue weighted by Crippen LogP contribution is -2.47. The maximum absolute atomic E-state index is 11.2. The second-order valence-corrected chi connectivity index (χ2v) is 5.27. The van der Waals surface area contributed by atoms with E-state index in [1.807, 2.05) is 13.0 Å². The molecular weight excluding hydrogens is 242 g/mol. The van der Waals surface area contributed by atoms with E-state index >= 15 is 0 Å². The van der Waals surface area contributed by atoms with Gasteiger partial charge in [0.15, 0.2) is 0 Å². The van der Waals surface area contributed by atoms with Crippen LogP contribution in [0.4, 0.5) is 11.4 Å². The van der Waals surface area contributed by atoms with Crippen molar-refractivity contribution in [2.75, 3.05) is 18.0 Å². The Hall–Kier alpha value is -1.62. The molecule has 1 saturated heterocycles. The Morgan fingerprint density at radius 3 is 2.89 bits per heavy atom. The third kappa shape index (κ3) is 2.71. The van der Waals surface area contributed by atoms with E-state index in [1.165, 1.54) is 0 Å². The summed E-state index contributed by atoms with van der Waals surface area (Å²) in [6, 6.07) is 5.46. The van der Waals surface area contributed by atoms with E-state index in [2.05, 4.69) is 11.8 Å². The predicted octanol–water partition coefficient (Wildman–Crippen LogP) is 2.47. The van der Waals surface area contributed by atoms with Crippen LogP contribution in [0.5, 0.6) is 0 Å². The Balaban J connectivity index is 2.34. The first-order valence-electron chi connectivity index (χ1n) is 6.79. The number of rotatable bonds is 3. The summed E-state index contributed by atoms with van der Waals surface area (Å²) in [5.74, 6) is 0.410. The first kappa shape index (κ1) is 13.8. The molecule has 0 bridgehead atoms. The molecule has 19 heavy (non-hydrogen) atoms. The Labute approximate surface area is 113 Å². The van der Waals surface area contributed by atoms with Gasteiger partial charge in [-0.1, -0.05) is 25.5 Å². The maximum atomic E-state index is 11.2. The molecule has 0 aliphatic carbocycles. The fourth-order valence-corrected chi connectivity index (χ4v) is 2.89. The van der Waals surface area contributed by atoms with Crippen molar-refractivity contribution in [3.8, 4) is 0 Å². The molecule has 1 aromatic carbocycles. The van der Waals surface area contributed by atoms with Crippen molar-refractivity contribution in [1.29, 1.82) is 0 Å². The molecule has 0 radical (unpaired) electrons. The first-order valence-corrected chi connectivity index (χ1v) is 6.79. The van der Waals surface area contributed by atoms with Crippen LogP contribution in [-0.2, 0) is 0 Å². The third-order valence-corrected chi connectivity index (χ3v) is 4.05. The smallest absolute Gasteiger partial charge is 0.292 e. The summed E-state index contributed by atoms with van der Waals surface area (Å²) < 4.78 is 0. The molecule has 0 aromatic heterocycles. The molecule has 0 amide bonds. The third-order valence-electron chi connectivity index (χ3n) is 4.05. The number of piperidine rings is 1. The Morgan fingerprint density at radius 1 is 1.53 bits per heavy atom. The van der Waals surface area contributed by atoms with Gasteiger partial charge in [-0.2, -0.15) is 0 Å². The van der Waals surface area contributed by atoms with E-state index in [9.17, 15) is 10.1 Å². The quantitative estimate of drug-likeness (QED) is 0.671. The lowest BCUT2D eigenvalue weighted by atomic mass is 9.90. The van der Waals surface area contributed by atoms with Crippen LogP contribution >= 0.6 is 0 Å².